The van der Waals surface area contributed by atoms with Crippen molar-refractivity contribution in [3.63, 3.8) is 0 Å². The Morgan fingerprint density at radius 3 is 2.51 bits per heavy atom. The molecule has 1 saturated carbocycles. The Balaban J connectivity index is 1.75. The van der Waals surface area contributed by atoms with Gasteiger partial charge in [-0.25, -0.2) is 8.42 Å². The van der Waals surface area contributed by atoms with Crippen molar-refractivity contribution in [2.24, 2.45) is 13.0 Å². The van der Waals surface area contributed by atoms with E-state index in [2.05, 4.69) is 22.1 Å². The molecule has 0 amide bonds. The van der Waals surface area contributed by atoms with Crippen LogP contribution in [0.4, 0.5) is 13.2 Å². The maximum absolute atomic E-state index is 14.1. The van der Waals surface area contributed by atoms with Gasteiger partial charge in [0.2, 0.25) is 0 Å². The molecule has 1 aromatic carbocycles. The van der Waals surface area contributed by atoms with Crippen molar-refractivity contribution in [2.45, 2.75) is 36.3 Å². The Kier molecular flexibility index (Phi) is 5.03. The summed E-state index contributed by atoms with van der Waals surface area (Å²) in [7, 11) is -2.18. The van der Waals surface area contributed by atoms with E-state index in [4.69, 9.17) is 0 Å². The Bertz CT molecular complexity index is 1630. The lowest BCUT2D eigenvalue weighted by atomic mass is 9.58. The Morgan fingerprint density at radius 2 is 1.94 bits per heavy atom. The Labute approximate surface area is 198 Å². The summed E-state index contributed by atoms with van der Waals surface area (Å²) >= 11 is 0. The van der Waals surface area contributed by atoms with Gasteiger partial charge in [-0.05, 0) is 36.5 Å². The predicted molar refractivity (Wildman–Crippen MR) is 122 cm³/mol. The number of alkyl halides is 3. The Morgan fingerprint density at radius 1 is 1.23 bits per heavy atom. The number of nitrogens with zero attached hydrogens (tertiary/aromatic N) is 4. The number of rotatable bonds is 4. The third-order valence-electron chi connectivity index (χ3n) is 6.72. The number of aromatic nitrogens is 5. The first-order valence-electron chi connectivity index (χ1n) is 10.8. The van der Waals surface area contributed by atoms with E-state index in [-0.39, 0.29) is 5.69 Å². The van der Waals surface area contributed by atoms with Gasteiger partial charge in [-0.3, -0.25) is 9.36 Å². The van der Waals surface area contributed by atoms with E-state index < -0.39 is 48.3 Å². The van der Waals surface area contributed by atoms with Crippen molar-refractivity contribution in [1.29, 1.82) is 0 Å². The molecule has 1 aliphatic rings. The number of sulfone groups is 1. The van der Waals surface area contributed by atoms with Gasteiger partial charge in [-0.2, -0.15) is 13.2 Å². The summed E-state index contributed by atoms with van der Waals surface area (Å²) in [6.07, 6.45) is 0.661. The Hall–Kier alpha value is -3.41. The van der Waals surface area contributed by atoms with Gasteiger partial charge in [-0.15, -0.1) is 10.2 Å². The predicted octanol–water partition coefficient (Wildman–Crippen LogP) is 3.59. The smallest absolute Gasteiger partial charge is 0.355 e. The normalized spacial score (nSPS) is 20.8. The first-order valence-corrected chi connectivity index (χ1v) is 12.7. The second-order valence-corrected chi connectivity index (χ2v) is 11.3. The third-order valence-corrected chi connectivity index (χ3v) is 7.84. The fourth-order valence-corrected chi connectivity index (χ4v) is 6.12. The van der Waals surface area contributed by atoms with E-state index in [9.17, 15) is 26.4 Å². The van der Waals surface area contributed by atoms with Crippen molar-refractivity contribution in [3.8, 4) is 5.69 Å². The summed E-state index contributed by atoms with van der Waals surface area (Å²) in [5.74, 6) is 1.16. The van der Waals surface area contributed by atoms with Crippen LogP contribution in [0.3, 0.4) is 0 Å². The zero-order valence-electron chi connectivity index (χ0n) is 19.1. The van der Waals surface area contributed by atoms with Crippen LogP contribution in [0.2, 0.25) is 0 Å². The number of aryl methyl sites for hydroxylation is 1. The van der Waals surface area contributed by atoms with Crippen molar-refractivity contribution >= 4 is 20.7 Å². The molecule has 3 heterocycles. The summed E-state index contributed by atoms with van der Waals surface area (Å²) < 4.78 is 69.1. The van der Waals surface area contributed by atoms with Gasteiger partial charge in [0.15, 0.2) is 9.84 Å². The number of aromatic amines is 1. The summed E-state index contributed by atoms with van der Waals surface area (Å²) in [5, 5.41) is 7.62. The van der Waals surface area contributed by atoms with Crippen LogP contribution >= 0.6 is 0 Å². The minimum absolute atomic E-state index is 0.233. The molecule has 3 aromatic heterocycles. The number of H-pyrrole nitrogens is 1. The lowest BCUT2D eigenvalue weighted by molar-refractivity contribution is -0.136. The summed E-state index contributed by atoms with van der Waals surface area (Å²) in [6.45, 7) is 2.11. The average molecular weight is 506 g/mol. The fraction of sp³-hybridized carbons (Fsp3) is 0.348. The zero-order valence-corrected chi connectivity index (χ0v) is 19.9. The topological polar surface area (TPSA) is 103 Å². The summed E-state index contributed by atoms with van der Waals surface area (Å²) in [5.41, 5.74) is -1.85. The van der Waals surface area contributed by atoms with Crippen LogP contribution in [0, 0.1) is 5.92 Å². The molecule has 0 unspecified atom stereocenters. The van der Waals surface area contributed by atoms with Crippen molar-refractivity contribution in [2.75, 3.05) is 6.26 Å². The van der Waals surface area contributed by atoms with E-state index in [1.807, 2.05) is 17.7 Å². The highest BCUT2D eigenvalue weighted by Crippen LogP contribution is 2.51. The van der Waals surface area contributed by atoms with Gasteiger partial charge >= 0.3 is 6.18 Å². The lowest BCUT2D eigenvalue weighted by Gasteiger charge is -2.46. The first kappa shape index (κ1) is 23.3. The second kappa shape index (κ2) is 7.54. The van der Waals surface area contributed by atoms with Gasteiger partial charge < -0.3 is 9.55 Å². The molecule has 8 nitrogen and oxygen atoms in total. The van der Waals surface area contributed by atoms with Crippen LogP contribution in [0.25, 0.3) is 16.6 Å². The average Bonchev–Trinajstić information content (AvgIpc) is 3.38. The summed E-state index contributed by atoms with van der Waals surface area (Å²) in [6, 6.07) is 6.79. The van der Waals surface area contributed by atoms with E-state index in [0.717, 1.165) is 41.2 Å². The molecule has 1 aliphatic carbocycles. The van der Waals surface area contributed by atoms with Crippen molar-refractivity contribution in [1.82, 2.24) is 24.3 Å². The van der Waals surface area contributed by atoms with Crippen LogP contribution < -0.4 is 5.56 Å². The molecule has 4 aromatic rings. The minimum atomic E-state index is -4.89. The molecule has 184 valence electrons. The van der Waals surface area contributed by atoms with Crippen LogP contribution in [0.5, 0.6) is 0 Å². The molecule has 0 aliphatic heterocycles. The van der Waals surface area contributed by atoms with E-state index >= 15 is 0 Å². The van der Waals surface area contributed by atoms with E-state index in [0.29, 0.717) is 12.1 Å². The van der Waals surface area contributed by atoms with Crippen molar-refractivity contribution in [3.05, 3.63) is 70.3 Å². The molecule has 0 atom stereocenters. The van der Waals surface area contributed by atoms with Gasteiger partial charge in [-0.1, -0.05) is 19.1 Å². The van der Waals surface area contributed by atoms with Crippen LogP contribution in [0.15, 0.2) is 52.7 Å². The molecular formula is C23H22F3N5O3S. The fourth-order valence-electron chi connectivity index (χ4n) is 5.26. The molecule has 0 saturated heterocycles. The third kappa shape index (κ3) is 3.58. The molecular weight excluding hydrogens is 483 g/mol. The minimum Gasteiger partial charge on any atom is -0.355 e. The lowest BCUT2D eigenvalue weighted by Crippen LogP contribution is -2.43. The molecule has 0 radical (unpaired) electrons. The van der Waals surface area contributed by atoms with Crippen molar-refractivity contribution < 1.29 is 21.6 Å². The SMILES string of the molecule is CC1CC(c2cccc(-n3cc(C(F)(F)F)c4c(S(C)(=O)=O)c[nH]c4c3=O)c2)(c2nncn2C)C1. The molecule has 5 rings (SSSR count). The number of hydrogen-bond donors (Lipinski definition) is 1. The second-order valence-electron chi connectivity index (χ2n) is 9.30. The highest BCUT2D eigenvalue weighted by Gasteiger charge is 2.48. The number of halogens is 3. The maximum atomic E-state index is 14.1. The number of hydrogen-bond acceptors (Lipinski definition) is 5. The number of benzene rings is 1. The monoisotopic (exact) mass is 505 g/mol. The summed E-state index contributed by atoms with van der Waals surface area (Å²) in [4.78, 5) is 15.2. The molecule has 0 bridgehead atoms. The van der Waals surface area contributed by atoms with E-state index in [1.165, 1.54) is 0 Å². The standard InChI is InChI=1S/C23H22F3N5O3S/c1-13-8-22(9-13,21-29-28-12-30(21)2)14-5-4-6-15(7-14)31-11-16(23(24,25)26)18-17(35(3,33)34)10-27-19(18)20(31)32/h4-7,10-13,27H,8-9H2,1-3H3. The van der Waals surface area contributed by atoms with Gasteiger partial charge in [0.05, 0.1) is 15.9 Å². The number of fused-ring (bicyclic) bond motifs is 1. The maximum Gasteiger partial charge on any atom is 0.418 e. The van der Waals surface area contributed by atoms with Crippen LogP contribution in [-0.2, 0) is 28.5 Å². The molecule has 12 heteroatoms. The molecule has 1 N–H and O–H groups in total. The van der Waals surface area contributed by atoms with E-state index in [1.54, 1.807) is 24.5 Å². The highest BCUT2D eigenvalue weighted by molar-refractivity contribution is 7.91. The number of pyridine rings is 1. The van der Waals surface area contributed by atoms with Crippen LogP contribution in [-0.4, -0.2) is 39.0 Å². The van der Waals surface area contributed by atoms with Crippen LogP contribution in [0.1, 0.15) is 36.7 Å². The molecule has 0 spiro atoms. The quantitative estimate of drug-likeness (QED) is 0.457. The highest BCUT2D eigenvalue weighted by atomic mass is 32.2. The molecule has 1 fully saturated rings. The first-order chi connectivity index (χ1) is 16.3. The largest absolute Gasteiger partial charge is 0.418 e. The van der Waals surface area contributed by atoms with Gasteiger partial charge in [0, 0.05) is 36.8 Å². The zero-order chi connectivity index (χ0) is 25.3. The molecule has 35 heavy (non-hydrogen) atoms. The van der Waals surface area contributed by atoms with Gasteiger partial charge in [0.25, 0.3) is 5.56 Å². The van der Waals surface area contributed by atoms with Gasteiger partial charge in [0.1, 0.15) is 17.7 Å². The number of nitrogens with one attached hydrogen (secondary N) is 1.